The van der Waals surface area contributed by atoms with Crippen LogP contribution in [0.25, 0.3) is 0 Å². The Kier molecular flexibility index (Phi) is 12.1. The van der Waals surface area contributed by atoms with Crippen LogP contribution in [0, 0.1) is 0 Å². The van der Waals surface area contributed by atoms with Crippen LogP contribution in [-0.2, 0) is 4.79 Å². The summed E-state index contributed by atoms with van der Waals surface area (Å²) in [5.74, 6) is 1.02. The smallest absolute Gasteiger partial charge is 0.234 e. The van der Waals surface area contributed by atoms with Gasteiger partial charge in [0.2, 0.25) is 5.91 Å². The minimum Gasteiger partial charge on any atom is -0.355 e. The fourth-order valence-corrected chi connectivity index (χ4v) is 3.05. The van der Waals surface area contributed by atoms with Gasteiger partial charge in [-0.3, -0.25) is 14.7 Å². The van der Waals surface area contributed by atoms with Gasteiger partial charge in [-0.15, -0.1) is 0 Å². The summed E-state index contributed by atoms with van der Waals surface area (Å²) in [4.78, 5) is 20.7. The van der Waals surface area contributed by atoms with Gasteiger partial charge < -0.3 is 20.9 Å². The van der Waals surface area contributed by atoms with Crippen molar-refractivity contribution in [3.63, 3.8) is 0 Å². The molecule has 0 aliphatic carbocycles. The number of unbranched alkanes of at least 4 members (excludes halogenated alkanes) is 1. The third-order valence-electron chi connectivity index (χ3n) is 4.77. The Hall–Kier alpha value is -1.34. The van der Waals surface area contributed by atoms with Gasteiger partial charge >= 0.3 is 0 Å². The van der Waals surface area contributed by atoms with E-state index in [1.54, 1.807) is 0 Å². The molecular formula is C19H40N6O. The van der Waals surface area contributed by atoms with E-state index in [4.69, 9.17) is 0 Å². The van der Waals surface area contributed by atoms with Gasteiger partial charge in [-0.1, -0.05) is 20.3 Å². The Morgan fingerprint density at radius 2 is 1.85 bits per heavy atom. The van der Waals surface area contributed by atoms with Crippen molar-refractivity contribution in [3.8, 4) is 0 Å². The van der Waals surface area contributed by atoms with Crippen molar-refractivity contribution in [2.75, 3.05) is 59.9 Å². The maximum absolute atomic E-state index is 11.8. The third-order valence-corrected chi connectivity index (χ3v) is 4.77. The van der Waals surface area contributed by atoms with Crippen molar-refractivity contribution in [2.24, 2.45) is 4.99 Å². The number of hydrogen-bond acceptors (Lipinski definition) is 4. The molecule has 7 nitrogen and oxygen atoms in total. The van der Waals surface area contributed by atoms with Gasteiger partial charge in [-0.25, -0.2) is 0 Å². The molecule has 0 spiro atoms. The minimum atomic E-state index is 0.142. The molecule has 0 atom stereocenters. The quantitative estimate of drug-likeness (QED) is 0.373. The number of nitrogens with zero attached hydrogens (tertiary/aromatic N) is 3. The summed E-state index contributed by atoms with van der Waals surface area (Å²) in [5.41, 5.74) is 0. The van der Waals surface area contributed by atoms with Crippen molar-refractivity contribution in [3.05, 3.63) is 0 Å². The van der Waals surface area contributed by atoms with Crippen LogP contribution in [0.4, 0.5) is 0 Å². The second-order valence-electron chi connectivity index (χ2n) is 7.20. The Balaban J connectivity index is 2.20. The minimum absolute atomic E-state index is 0.142. The van der Waals surface area contributed by atoms with Crippen molar-refractivity contribution in [1.29, 1.82) is 0 Å². The topological polar surface area (TPSA) is 72.0 Å². The number of nitrogens with one attached hydrogen (secondary N) is 3. The van der Waals surface area contributed by atoms with Crippen LogP contribution in [0.15, 0.2) is 4.99 Å². The van der Waals surface area contributed by atoms with E-state index in [0.29, 0.717) is 12.6 Å². The van der Waals surface area contributed by atoms with Crippen LogP contribution in [0.3, 0.4) is 0 Å². The number of likely N-dealkylation sites (N-methyl/N-ethyl adjacent to an activating group) is 1. The number of aliphatic imine (C=N–C) groups is 1. The molecule has 1 saturated heterocycles. The second-order valence-corrected chi connectivity index (χ2v) is 7.20. The number of likely N-dealkylation sites (tertiary alicyclic amines) is 1. The zero-order chi connectivity index (χ0) is 19.2. The summed E-state index contributed by atoms with van der Waals surface area (Å²) in [6.45, 7) is 10.6. The summed E-state index contributed by atoms with van der Waals surface area (Å²) in [5, 5.41) is 9.88. The van der Waals surface area contributed by atoms with E-state index in [2.05, 4.69) is 51.6 Å². The monoisotopic (exact) mass is 368 g/mol. The van der Waals surface area contributed by atoms with Crippen LogP contribution in [0.5, 0.6) is 0 Å². The standard InChI is InChI=1S/C19H40N6O/c1-5-7-12-24(4)15-11-22-19(20-3)23-17-8-13-25(14-9-17)16-18(26)21-10-6-2/h17H,5-16H2,1-4H3,(H,21,26)(H2,20,22,23). The first kappa shape index (κ1) is 22.7. The molecule has 0 aromatic rings. The first-order valence-corrected chi connectivity index (χ1v) is 10.2. The van der Waals surface area contributed by atoms with E-state index in [1.807, 2.05) is 7.05 Å². The molecule has 0 unspecified atom stereocenters. The van der Waals surface area contributed by atoms with E-state index in [9.17, 15) is 4.79 Å². The highest BCUT2D eigenvalue weighted by molar-refractivity contribution is 5.80. The van der Waals surface area contributed by atoms with E-state index < -0.39 is 0 Å². The fourth-order valence-electron chi connectivity index (χ4n) is 3.05. The summed E-state index contributed by atoms with van der Waals surface area (Å²) in [6.07, 6.45) is 5.55. The van der Waals surface area contributed by atoms with Crippen LogP contribution in [0.2, 0.25) is 0 Å². The molecule has 1 aliphatic heterocycles. The lowest BCUT2D eigenvalue weighted by molar-refractivity contribution is -0.122. The lowest BCUT2D eigenvalue weighted by Gasteiger charge is -2.32. The lowest BCUT2D eigenvalue weighted by atomic mass is 10.1. The van der Waals surface area contributed by atoms with Crippen molar-refractivity contribution >= 4 is 11.9 Å². The van der Waals surface area contributed by atoms with Gasteiger partial charge in [0.1, 0.15) is 0 Å². The number of hydrogen-bond donors (Lipinski definition) is 3. The van der Waals surface area contributed by atoms with Gasteiger partial charge in [0.25, 0.3) is 0 Å². The first-order valence-electron chi connectivity index (χ1n) is 10.2. The molecule has 1 rings (SSSR count). The van der Waals surface area contributed by atoms with Gasteiger partial charge in [0, 0.05) is 45.8 Å². The Morgan fingerprint density at radius 1 is 1.12 bits per heavy atom. The maximum Gasteiger partial charge on any atom is 0.234 e. The number of amides is 1. The predicted molar refractivity (Wildman–Crippen MR) is 110 cm³/mol. The van der Waals surface area contributed by atoms with Crippen LogP contribution in [-0.4, -0.2) is 87.6 Å². The molecule has 1 fully saturated rings. The van der Waals surface area contributed by atoms with E-state index in [0.717, 1.165) is 64.5 Å². The zero-order valence-electron chi connectivity index (χ0n) is 17.3. The molecule has 3 N–H and O–H groups in total. The molecule has 0 aromatic heterocycles. The highest BCUT2D eigenvalue weighted by Crippen LogP contribution is 2.09. The van der Waals surface area contributed by atoms with Crippen molar-refractivity contribution in [2.45, 2.75) is 52.0 Å². The molecular weight excluding hydrogens is 328 g/mol. The highest BCUT2D eigenvalue weighted by atomic mass is 16.2. The van der Waals surface area contributed by atoms with Gasteiger partial charge in [-0.2, -0.15) is 0 Å². The second kappa shape index (κ2) is 13.8. The Bertz CT molecular complexity index is 407. The molecule has 0 bridgehead atoms. The third kappa shape index (κ3) is 9.97. The number of rotatable bonds is 11. The van der Waals surface area contributed by atoms with Crippen molar-refractivity contribution in [1.82, 2.24) is 25.8 Å². The molecule has 152 valence electrons. The highest BCUT2D eigenvalue weighted by Gasteiger charge is 2.21. The predicted octanol–water partition coefficient (Wildman–Crippen LogP) is 0.874. The Morgan fingerprint density at radius 3 is 2.46 bits per heavy atom. The maximum atomic E-state index is 11.8. The van der Waals surface area contributed by atoms with E-state index in [1.165, 1.54) is 12.8 Å². The molecule has 26 heavy (non-hydrogen) atoms. The molecule has 1 aliphatic rings. The molecule has 0 radical (unpaired) electrons. The summed E-state index contributed by atoms with van der Waals surface area (Å²) in [6, 6.07) is 0.425. The average molecular weight is 369 g/mol. The molecule has 7 heteroatoms. The Labute approximate surface area is 160 Å². The van der Waals surface area contributed by atoms with Gasteiger partial charge in [-0.05, 0) is 39.3 Å². The van der Waals surface area contributed by atoms with E-state index >= 15 is 0 Å². The number of carbonyl (C=O) groups excluding carboxylic acids is 1. The summed E-state index contributed by atoms with van der Waals surface area (Å²) < 4.78 is 0. The largest absolute Gasteiger partial charge is 0.355 e. The zero-order valence-corrected chi connectivity index (χ0v) is 17.3. The van der Waals surface area contributed by atoms with Crippen LogP contribution in [0.1, 0.15) is 46.0 Å². The fraction of sp³-hybridized carbons (Fsp3) is 0.895. The first-order chi connectivity index (χ1) is 12.6. The molecule has 0 aromatic carbocycles. The number of piperidine rings is 1. The van der Waals surface area contributed by atoms with Crippen LogP contribution < -0.4 is 16.0 Å². The number of carbonyl (C=O) groups is 1. The SMILES string of the molecule is CCCCN(C)CCNC(=NC)NC1CCN(CC(=O)NCCC)CC1. The van der Waals surface area contributed by atoms with Crippen molar-refractivity contribution < 1.29 is 4.79 Å². The van der Waals surface area contributed by atoms with E-state index in [-0.39, 0.29) is 5.91 Å². The molecule has 0 saturated carbocycles. The average Bonchev–Trinajstić information content (AvgIpc) is 2.65. The molecule has 1 heterocycles. The van der Waals surface area contributed by atoms with Gasteiger partial charge in [0.05, 0.1) is 6.54 Å². The summed E-state index contributed by atoms with van der Waals surface area (Å²) in [7, 11) is 3.99. The lowest BCUT2D eigenvalue weighted by Crippen LogP contribution is -2.50. The van der Waals surface area contributed by atoms with Gasteiger partial charge in [0.15, 0.2) is 5.96 Å². The van der Waals surface area contributed by atoms with Crippen LogP contribution >= 0.6 is 0 Å². The summed E-state index contributed by atoms with van der Waals surface area (Å²) >= 11 is 0. The molecule has 1 amide bonds. The number of guanidine groups is 1. The normalized spacial score (nSPS) is 16.7.